The minimum absolute atomic E-state index is 0.597. The molecule has 0 spiro atoms. The van der Waals surface area contributed by atoms with E-state index in [4.69, 9.17) is 4.89 Å². The summed E-state index contributed by atoms with van der Waals surface area (Å²) in [5, 5.41) is 0.597. The van der Waals surface area contributed by atoms with E-state index in [9.17, 15) is 4.57 Å². The second-order valence-corrected chi connectivity index (χ2v) is 3.46. The monoisotopic (exact) mass is 170 g/mol. The van der Waals surface area contributed by atoms with Crippen LogP contribution in [0.15, 0.2) is 24.3 Å². The summed E-state index contributed by atoms with van der Waals surface area (Å²) in [6.45, 7) is 1.98. The Labute approximate surface area is 66.7 Å². The molecular formula is C8H11O2P. The van der Waals surface area contributed by atoms with Gasteiger partial charge in [0.2, 0.25) is 8.03 Å². The van der Waals surface area contributed by atoms with Gasteiger partial charge in [0.1, 0.15) is 0 Å². The Morgan fingerprint density at radius 1 is 1.45 bits per heavy atom. The first kappa shape index (κ1) is 8.51. The second-order valence-electron chi connectivity index (χ2n) is 2.32. The standard InChI is InChI=1S/C8H11O2P/c1-2-7-5-3-4-6-8(7)11(9)10/h3-6,11H,2H2,1H3,(H,9,10). The highest BCUT2D eigenvalue weighted by atomic mass is 31.1. The highest BCUT2D eigenvalue weighted by Crippen LogP contribution is 2.15. The first-order chi connectivity index (χ1) is 5.25. The Morgan fingerprint density at radius 3 is 2.55 bits per heavy atom. The number of benzene rings is 1. The normalized spacial score (nSPS) is 12.9. The Hall–Kier alpha value is -0.590. The van der Waals surface area contributed by atoms with Gasteiger partial charge in [-0.1, -0.05) is 25.1 Å². The van der Waals surface area contributed by atoms with Gasteiger partial charge in [0, 0.05) is 5.30 Å². The first-order valence-corrected chi connectivity index (χ1v) is 4.92. The minimum Gasteiger partial charge on any atom is -0.343 e. The molecule has 0 bridgehead atoms. The summed E-state index contributed by atoms with van der Waals surface area (Å²) in [7, 11) is -2.50. The number of aryl methyl sites for hydroxylation is 1. The van der Waals surface area contributed by atoms with E-state index in [2.05, 4.69) is 0 Å². The molecule has 1 aromatic rings. The molecule has 1 aromatic carbocycles. The van der Waals surface area contributed by atoms with Gasteiger partial charge in [-0.15, -0.1) is 0 Å². The summed E-state index contributed by atoms with van der Waals surface area (Å²) < 4.78 is 10.8. The molecule has 0 aliphatic heterocycles. The molecule has 0 saturated heterocycles. The van der Waals surface area contributed by atoms with Crippen LogP contribution in [-0.2, 0) is 11.0 Å². The third kappa shape index (κ3) is 1.92. The van der Waals surface area contributed by atoms with Crippen molar-refractivity contribution in [2.45, 2.75) is 13.3 Å². The molecule has 1 N–H and O–H groups in total. The highest BCUT2D eigenvalue weighted by Gasteiger charge is 2.02. The third-order valence-corrected chi connectivity index (χ3v) is 2.58. The molecule has 0 fully saturated rings. The maximum atomic E-state index is 10.8. The van der Waals surface area contributed by atoms with Gasteiger partial charge in [-0.25, -0.2) is 0 Å². The predicted molar refractivity (Wildman–Crippen MR) is 46.7 cm³/mol. The third-order valence-electron chi connectivity index (χ3n) is 1.63. The maximum absolute atomic E-state index is 10.8. The van der Waals surface area contributed by atoms with Crippen LogP contribution in [0.4, 0.5) is 0 Å². The zero-order valence-corrected chi connectivity index (χ0v) is 7.37. The SMILES string of the molecule is CCc1ccccc1[PH](=O)O. The zero-order valence-electron chi connectivity index (χ0n) is 6.37. The van der Waals surface area contributed by atoms with Crippen LogP contribution in [0.3, 0.4) is 0 Å². The lowest BCUT2D eigenvalue weighted by molar-refractivity contribution is 0.513. The van der Waals surface area contributed by atoms with Crippen molar-refractivity contribution in [2.24, 2.45) is 0 Å². The summed E-state index contributed by atoms with van der Waals surface area (Å²) in [5.74, 6) is 0. The Balaban J connectivity index is 3.12. The molecule has 3 heteroatoms. The van der Waals surface area contributed by atoms with Crippen LogP contribution in [0.25, 0.3) is 0 Å². The van der Waals surface area contributed by atoms with Gasteiger partial charge in [-0.3, -0.25) is 4.57 Å². The Morgan fingerprint density at radius 2 is 2.09 bits per heavy atom. The van der Waals surface area contributed by atoms with Gasteiger partial charge < -0.3 is 4.89 Å². The van der Waals surface area contributed by atoms with Crippen molar-refractivity contribution in [1.82, 2.24) is 0 Å². The molecule has 2 nitrogen and oxygen atoms in total. The van der Waals surface area contributed by atoms with Crippen molar-refractivity contribution in [3.05, 3.63) is 29.8 Å². The molecule has 0 aliphatic rings. The van der Waals surface area contributed by atoms with E-state index >= 15 is 0 Å². The van der Waals surface area contributed by atoms with Crippen LogP contribution in [0.5, 0.6) is 0 Å². The van der Waals surface area contributed by atoms with Crippen molar-refractivity contribution in [3.63, 3.8) is 0 Å². The van der Waals surface area contributed by atoms with E-state index in [-0.39, 0.29) is 0 Å². The Bertz CT molecular complexity index is 271. The van der Waals surface area contributed by atoms with Gasteiger partial charge in [-0.2, -0.15) is 0 Å². The summed E-state index contributed by atoms with van der Waals surface area (Å²) in [4.78, 5) is 8.88. The molecule has 1 unspecified atom stereocenters. The topological polar surface area (TPSA) is 37.3 Å². The first-order valence-electron chi connectivity index (χ1n) is 3.57. The molecule has 1 rings (SSSR count). The minimum atomic E-state index is -2.50. The van der Waals surface area contributed by atoms with Gasteiger partial charge in [0.25, 0.3) is 0 Å². The van der Waals surface area contributed by atoms with E-state index in [1.165, 1.54) is 0 Å². The lowest BCUT2D eigenvalue weighted by Crippen LogP contribution is -2.02. The molecule has 1 atom stereocenters. The van der Waals surface area contributed by atoms with E-state index in [0.29, 0.717) is 5.30 Å². The van der Waals surface area contributed by atoms with Gasteiger partial charge >= 0.3 is 0 Å². The van der Waals surface area contributed by atoms with Crippen LogP contribution in [0.1, 0.15) is 12.5 Å². The van der Waals surface area contributed by atoms with Crippen LogP contribution < -0.4 is 5.30 Å². The fourth-order valence-electron chi connectivity index (χ4n) is 1.04. The maximum Gasteiger partial charge on any atom is 0.218 e. The van der Waals surface area contributed by atoms with E-state index in [1.54, 1.807) is 12.1 Å². The zero-order chi connectivity index (χ0) is 8.27. The molecule has 60 valence electrons. The highest BCUT2D eigenvalue weighted by molar-refractivity contribution is 7.47. The van der Waals surface area contributed by atoms with E-state index in [1.807, 2.05) is 19.1 Å². The molecule has 0 radical (unpaired) electrons. The van der Waals surface area contributed by atoms with Crippen LogP contribution in [0, 0.1) is 0 Å². The average Bonchev–Trinajstić information content (AvgIpc) is 2.04. The quantitative estimate of drug-likeness (QED) is 0.680. The number of hydrogen-bond donors (Lipinski definition) is 1. The smallest absolute Gasteiger partial charge is 0.218 e. The largest absolute Gasteiger partial charge is 0.343 e. The lowest BCUT2D eigenvalue weighted by atomic mass is 10.2. The fourth-order valence-corrected chi connectivity index (χ4v) is 1.81. The summed E-state index contributed by atoms with van der Waals surface area (Å²) in [6, 6.07) is 7.26. The van der Waals surface area contributed by atoms with Crippen LogP contribution in [0.2, 0.25) is 0 Å². The van der Waals surface area contributed by atoms with Crippen molar-refractivity contribution in [3.8, 4) is 0 Å². The molecule has 0 amide bonds. The van der Waals surface area contributed by atoms with Gasteiger partial charge in [-0.05, 0) is 18.1 Å². The second kappa shape index (κ2) is 3.70. The van der Waals surface area contributed by atoms with Crippen molar-refractivity contribution in [1.29, 1.82) is 0 Å². The van der Waals surface area contributed by atoms with E-state index < -0.39 is 8.03 Å². The lowest BCUT2D eigenvalue weighted by Gasteiger charge is -2.01. The molecule has 11 heavy (non-hydrogen) atoms. The molecular weight excluding hydrogens is 159 g/mol. The molecule has 0 aromatic heterocycles. The van der Waals surface area contributed by atoms with E-state index in [0.717, 1.165) is 12.0 Å². The van der Waals surface area contributed by atoms with Crippen molar-refractivity contribution < 1.29 is 9.46 Å². The average molecular weight is 170 g/mol. The molecule has 0 saturated carbocycles. The van der Waals surface area contributed by atoms with Gasteiger partial charge in [0.05, 0.1) is 0 Å². The molecule has 0 heterocycles. The van der Waals surface area contributed by atoms with Crippen LogP contribution in [-0.4, -0.2) is 4.89 Å². The Kier molecular flexibility index (Phi) is 2.86. The summed E-state index contributed by atoms with van der Waals surface area (Å²) >= 11 is 0. The predicted octanol–water partition coefficient (Wildman–Crippen LogP) is 1.34. The number of hydrogen-bond acceptors (Lipinski definition) is 1. The summed E-state index contributed by atoms with van der Waals surface area (Å²) in [5.41, 5.74) is 0.971. The van der Waals surface area contributed by atoms with Gasteiger partial charge in [0.15, 0.2) is 0 Å². The van der Waals surface area contributed by atoms with Crippen LogP contribution >= 0.6 is 8.03 Å². The van der Waals surface area contributed by atoms with Crippen molar-refractivity contribution >= 4 is 13.3 Å². The van der Waals surface area contributed by atoms with Crippen molar-refractivity contribution in [2.75, 3.05) is 0 Å². The number of rotatable bonds is 2. The summed E-state index contributed by atoms with van der Waals surface area (Å²) in [6.07, 6.45) is 0.813. The fraction of sp³-hybridized carbons (Fsp3) is 0.250. The molecule has 0 aliphatic carbocycles.